The zero-order chi connectivity index (χ0) is 12.8. The van der Waals surface area contributed by atoms with Gasteiger partial charge in [0.2, 0.25) is 0 Å². The average molecular weight is 253 g/mol. The minimum absolute atomic E-state index is 0.342. The Balaban J connectivity index is 2.07. The van der Waals surface area contributed by atoms with Crippen molar-refractivity contribution < 1.29 is 4.39 Å². The lowest BCUT2D eigenvalue weighted by Crippen LogP contribution is -1.93. The molecule has 1 aromatic carbocycles. The molecule has 0 saturated heterocycles. The summed E-state index contributed by atoms with van der Waals surface area (Å²) >= 11 is 0. The monoisotopic (exact) mass is 253 g/mol. The number of H-pyrrole nitrogens is 2. The van der Waals surface area contributed by atoms with Crippen LogP contribution in [0.2, 0.25) is 0 Å². The first-order valence-electron chi connectivity index (χ1n) is 5.75. The maximum absolute atomic E-state index is 14.1. The third kappa shape index (κ3) is 1.43. The smallest absolute Gasteiger partial charge is 0.165 e. The number of nitrogens with zero attached hydrogens (tertiary/aromatic N) is 3. The molecule has 0 saturated carbocycles. The minimum Gasteiger partial charge on any atom is -0.361 e. The Bertz CT molecular complexity index is 892. The third-order valence-electron chi connectivity index (χ3n) is 3.08. The first-order chi connectivity index (χ1) is 9.33. The van der Waals surface area contributed by atoms with Crippen molar-refractivity contribution in [2.24, 2.45) is 0 Å². The van der Waals surface area contributed by atoms with E-state index in [9.17, 15) is 4.39 Å². The highest BCUT2D eigenvalue weighted by Gasteiger charge is 2.14. The molecule has 92 valence electrons. The fraction of sp³-hybridized carbons (Fsp3) is 0. The second kappa shape index (κ2) is 3.61. The molecule has 0 aliphatic heterocycles. The van der Waals surface area contributed by atoms with Crippen LogP contribution in [-0.2, 0) is 0 Å². The van der Waals surface area contributed by atoms with E-state index >= 15 is 0 Å². The predicted octanol–water partition coefficient (Wildman–Crippen LogP) is 2.64. The van der Waals surface area contributed by atoms with E-state index in [-0.39, 0.29) is 5.82 Å². The summed E-state index contributed by atoms with van der Waals surface area (Å²) in [5.41, 5.74) is 2.50. The number of hydrogen-bond donors (Lipinski definition) is 2. The number of aromatic nitrogens is 5. The molecule has 0 aliphatic carbocycles. The topological polar surface area (TPSA) is 70.2 Å². The zero-order valence-electron chi connectivity index (χ0n) is 9.68. The van der Waals surface area contributed by atoms with Crippen LogP contribution >= 0.6 is 0 Å². The fourth-order valence-corrected chi connectivity index (χ4v) is 2.19. The van der Waals surface area contributed by atoms with Gasteiger partial charge in [-0.05, 0) is 18.2 Å². The van der Waals surface area contributed by atoms with Gasteiger partial charge in [-0.15, -0.1) is 0 Å². The number of aromatic amines is 2. The van der Waals surface area contributed by atoms with E-state index in [4.69, 9.17) is 0 Å². The lowest BCUT2D eigenvalue weighted by molar-refractivity contribution is 0.632. The van der Waals surface area contributed by atoms with Crippen molar-refractivity contribution in [2.45, 2.75) is 0 Å². The van der Waals surface area contributed by atoms with Crippen LogP contribution in [0.25, 0.3) is 33.5 Å². The lowest BCUT2D eigenvalue weighted by atomic mass is 10.1. The summed E-state index contributed by atoms with van der Waals surface area (Å²) in [5.74, 6) is 0.00501. The maximum atomic E-state index is 14.1. The fourth-order valence-electron chi connectivity index (χ4n) is 2.19. The molecule has 0 bridgehead atoms. The summed E-state index contributed by atoms with van der Waals surface area (Å²) in [6, 6.07) is 4.92. The largest absolute Gasteiger partial charge is 0.361 e. The van der Waals surface area contributed by atoms with E-state index in [0.29, 0.717) is 22.6 Å². The Labute approximate surface area is 106 Å². The van der Waals surface area contributed by atoms with Gasteiger partial charge >= 0.3 is 0 Å². The lowest BCUT2D eigenvalue weighted by Gasteiger charge is -2.03. The summed E-state index contributed by atoms with van der Waals surface area (Å²) in [6.45, 7) is 0. The van der Waals surface area contributed by atoms with Gasteiger partial charge in [-0.2, -0.15) is 0 Å². The van der Waals surface area contributed by atoms with Crippen molar-refractivity contribution in [2.75, 3.05) is 0 Å². The zero-order valence-corrected chi connectivity index (χ0v) is 9.68. The first kappa shape index (κ1) is 10.2. The SMILES string of the molecule is Fc1ccc2[nH]ccc2c1-c1ncc2nc[nH]c2n1. The number of hydrogen-bond acceptors (Lipinski definition) is 3. The Morgan fingerprint density at radius 1 is 1.05 bits per heavy atom. The van der Waals surface area contributed by atoms with Crippen LogP contribution in [0, 0.1) is 5.82 Å². The normalized spacial score (nSPS) is 11.4. The van der Waals surface area contributed by atoms with Gasteiger partial charge in [-0.3, -0.25) is 0 Å². The van der Waals surface area contributed by atoms with Crippen molar-refractivity contribution in [3.8, 4) is 11.4 Å². The molecule has 0 spiro atoms. The minimum atomic E-state index is -0.342. The maximum Gasteiger partial charge on any atom is 0.165 e. The number of fused-ring (bicyclic) bond motifs is 2. The molecule has 6 heteroatoms. The molecule has 3 heterocycles. The molecule has 19 heavy (non-hydrogen) atoms. The van der Waals surface area contributed by atoms with E-state index < -0.39 is 0 Å². The van der Waals surface area contributed by atoms with Crippen molar-refractivity contribution in [3.05, 3.63) is 42.7 Å². The van der Waals surface area contributed by atoms with Gasteiger partial charge in [0.1, 0.15) is 11.3 Å². The predicted molar refractivity (Wildman–Crippen MR) is 68.9 cm³/mol. The standard InChI is InChI=1S/C13H8FN5/c14-8-1-2-9-7(3-4-15-9)11(8)13-16-5-10-12(19-13)18-6-17-10/h1-6,15H,(H,16,17,18,19). The average Bonchev–Trinajstić information content (AvgIpc) is 3.05. The molecule has 4 aromatic rings. The van der Waals surface area contributed by atoms with Gasteiger partial charge in [0.15, 0.2) is 11.5 Å². The van der Waals surface area contributed by atoms with Gasteiger partial charge in [0, 0.05) is 17.1 Å². The quantitative estimate of drug-likeness (QED) is 0.548. The molecule has 3 aromatic heterocycles. The summed E-state index contributed by atoms with van der Waals surface area (Å²) < 4.78 is 14.1. The van der Waals surface area contributed by atoms with Gasteiger partial charge in [-0.25, -0.2) is 19.3 Å². The Morgan fingerprint density at radius 3 is 2.95 bits per heavy atom. The van der Waals surface area contributed by atoms with Crippen LogP contribution in [0.4, 0.5) is 4.39 Å². The number of nitrogens with one attached hydrogen (secondary N) is 2. The summed E-state index contributed by atoms with van der Waals surface area (Å²) in [6.07, 6.45) is 4.89. The van der Waals surface area contributed by atoms with Gasteiger partial charge < -0.3 is 9.97 Å². The molecule has 0 atom stereocenters. The summed E-state index contributed by atoms with van der Waals surface area (Å²) in [7, 11) is 0. The van der Waals surface area contributed by atoms with Crippen molar-refractivity contribution in [1.82, 2.24) is 24.9 Å². The second-order valence-electron chi connectivity index (χ2n) is 4.19. The molecular weight excluding hydrogens is 245 g/mol. The highest BCUT2D eigenvalue weighted by atomic mass is 19.1. The highest BCUT2D eigenvalue weighted by molar-refractivity contribution is 5.94. The molecule has 0 aliphatic rings. The van der Waals surface area contributed by atoms with Crippen LogP contribution in [0.5, 0.6) is 0 Å². The molecule has 0 radical (unpaired) electrons. The number of imidazole rings is 1. The molecule has 0 amide bonds. The van der Waals surface area contributed by atoms with Crippen LogP contribution in [0.15, 0.2) is 36.9 Å². The van der Waals surface area contributed by atoms with Gasteiger partial charge in [-0.1, -0.05) is 0 Å². The van der Waals surface area contributed by atoms with Crippen molar-refractivity contribution in [3.63, 3.8) is 0 Å². The van der Waals surface area contributed by atoms with Crippen LogP contribution in [0.3, 0.4) is 0 Å². The van der Waals surface area contributed by atoms with E-state index in [1.54, 1.807) is 18.5 Å². The Kier molecular flexibility index (Phi) is 1.94. The van der Waals surface area contributed by atoms with Gasteiger partial charge in [0.05, 0.1) is 18.1 Å². The van der Waals surface area contributed by atoms with Crippen LogP contribution < -0.4 is 0 Å². The summed E-state index contributed by atoms with van der Waals surface area (Å²) in [5, 5.41) is 0.763. The molecule has 5 nitrogen and oxygen atoms in total. The molecule has 4 rings (SSSR count). The number of rotatable bonds is 1. The molecule has 2 N–H and O–H groups in total. The summed E-state index contributed by atoms with van der Waals surface area (Å²) in [4.78, 5) is 18.5. The highest BCUT2D eigenvalue weighted by Crippen LogP contribution is 2.28. The second-order valence-corrected chi connectivity index (χ2v) is 4.19. The van der Waals surface area contributed by atoms with E-state index in [2.05, 4.69) is 24.9 Å². The Morgan fingerprint density at radius 2 is 2.00 bits per heavy atom. The Hall–Kier alpha value is -2.76. The van der Waals surface area contributed by atoms with E-state index in [1.807, 2.05) is 6.07 Å². The third-order valence-corrected chi connectivity index (χ3v) is 3.08. The molecule has 0 fully saturated rings. The number of halogens is 1. The number of benzene rings is 1. The van der Waals surface area contributed by atoms with Crippen LogP contribution in [0.1, 0.15) is 0 Å². The van der Waals surface area contributed by atoms with E-state index in [1.165, 1.54) is 12.4 Å². The van der Waals surface area contributed by atoms with Crippen LogP contribution in [-0.4, -0.2) is 24.9 Å². The molecular formula is C13H8FN5. The van der Waals surface area contributed by atoms with Crippen molar-refractivity contribution >= 4 is 22.1 Å². The van der Waals surface area contributed by atoms with E-state index in [0.717, 1.165) is 10.9 Å². The first-order valence-corrected chi connectivity index (χ1v) is 5.75. The van der Waals surface area contributed by atoms with Gasteiger partial charge in [0.25, 0.3) is 0 Å². The van der Waals surface area contributed by atoms with Crippen molar-refractivity contribution in [1.29, 1.82) is 0 Å². The molecule has 0 unspecified atom stereocenters.